The topological polar surface area (TPSA) is 62.7 Å². The van der Waals surface area contributed by atoms with Crippen LogP contribution in [0.4, 0.5) is 10.8 Å². The van der Waals surface area contributed by atoms with Gasteiger partial charge in [0.05, 0.1) is 18.1 Å². The van der Waals surface area contributed by atoms with E-state index in [1.165, 1.54) is 0 Å². The lowest BCUT2D eigenvalue weighted by atomic mass is 9.96. The highest BCUT2D eigenvalue weighted by Gasteiger charge is 2.16. The van der Waals surface area contributed by atoms with E-state index in [2.05, 4.69) is 46.3 Å². The summed E-state index contributed by atoms with van der Waals surface area (Å²) in [5, 5.41) is 6.70. The van der Waals surface area contributed by atoms with Crippen LogP contribution in [0, 0.1) is 0 Å². The Morgan fingerprint density at radius 3 is 2.35 bits per heavy atom. The molecule has 0 saturated carbocycles. The molecule has 0 spiro atoms. The van der Waals surface area contributed by atoms with Gasteiger partial charge in [-0.3, -0.25) is 0 Å². The molecule has 0 aliphatic heterocycles. The van der Waals surface area contributed by atoms with Gasteiger partial charge in [0.15, 0.2) is 13.1 Å². The second-order valence-electron chi connectivity index (χ2n) is 5.63. The van der Waals surface area contributed by atoms with Crippen molar-refractivity contribution in [3.05, 3.63) is 29.3 Å². The molecule has 0 aliphatic rings. The first kappa shape index (κ1) is 14.9. The van der Waals surface area contributed by atoms with Gasteiger partial charge in [0, 0.05) is 22.5 Å². The highest BCUT2D eigenvalue weighted by molar-refractivity contribution is 7.15. The van der Waals surface area contributed by atoms with E-state index < -0.39 is 0 Å². The molecular formula is C13H18BN5S. The molecule has 0 aromatic carbocycles. The van der Waals surface area contributed by atoms with Gasteiger partial charge in [0.2, 0.25) is 0 Å². The van der Waals surface area contributed by atoms with Crippen LogP contribution in [0.1, 0.15) is 44.4 Å². The van der Waals surface area contributed by atoms with Gasteiger partial charge >= 0.3 is 0 Å². The number of nitrogens with one attached hydrogen (secondary N) is 2. The van der Waals surface area contributed by atoms with Crippen LogP contribution in [0.3, 0.4) is 0 Å². The molecule has 2 radical (unpaired) electrons. The van der Waals surface area contributed by atoms with Gasteiger partial charge in [-0.1, -0.05) is 20.8 Å². The van der Waals surface area contributed by atoms with E-state index in [9.17, 15) is 0 Å². The highest BCUT2D eigenvalue weighted by Crippen LogP contribution is 2.26. The summed E-state index contributed by atoms with van der Waals surface area (Å²) in [7, 11) is 5.41. The quantitative estimate of drug-likeness (QED) is 0.847. The Labute approximate surface area is 124 Å². The maximum Gasteiger partial charge on any atom is 0.187 e. The third kappa shape index (κ3) is 3.55. The monoisotopic (exact) mass is 287 g/mol. The Bertz CT molecular complexity index is 561. The molecule has 0 saturated heterocycles. The molecule has 2 heterocycles. The minimum Gasteiger partial charge on any atom is -0.360 e. The van der Waals surface area contributed by atoms with Crippen molar-refractivity contribution < 1.29 is 0 Å². The molecule has 0 fully saturated rings. The van der Waals surface area contributed by atoms with Crippen LogP contribution in [0.25, 0.3) is 0 Å². The van der Waals surface area contributed by atoms with Crippen molar-refractivity contribution in [3.8, 4) is 0 Å². The van der Waals surface area contributed by atoms with Crippen LogP contribution in [-0.4, -0.2) is 22.9 Å². The molecule has 5 nitrogen and oxygen atoms in total. The largest absolute Gasteiger partial charge is 0.360 e. The summed E-state index contributed by atoms with van der Waals surface area (Å²) in [6, 6.07) is 0.0857. The van der Waals surface area contributed by atoms with E-state index in [4.69, 9.17) is 7.98 Å². The van der Waals surface area contributed by atoms with E-state index >= 15 is 0 Å². The first-order valence-corrected chi connectivity index (χ1v) is 7.23. The average molecular weight is 287 g/mol. The molecule has 0 bridgehead atoms. The third-order valence-corrected chi connectivity index (χ3v) is 3.87. The molecule has 7 heteroatoms. The lowest BCUT2D eigenvalue weighted by molar-refractivity contribution is 0.545. The van der Waals surface area contributed by atoms with Gasteiger partial charge in [0.25, 0.3) is 0 Å². The zero-order valence-corrected chi connectivity index (χ0v) is 13.0. The zero-order valence-electron chi connectivity index (χ0n) is 12.1. The van der Waals surface area contributed by atoms with Gasteiger partial charge in [-0.25, -0.2) is 15.0 Å². The van der Waals surface area contributed by atoms with Crippen molar-refractivity contribution in [2.24, 2.45) is 0 Å². The second kappa shape index (κ2) is 5.89. The number of anilines is 2. The van der Waals surface area contributed by atoms with E-state index in [0.717, 1.165) is 21.5 Å². The van der Waals surface area contributed by atoms with Crippen LogP contribution in [0.15, 0.2) is 18.6 Å². The molecule has 2 rings (SSSR count). The van der Waals surface area contributed by atoms with E-state index in [1.54, 1.807) is 23.7 Å². The zero-order chi connectivity index (χ0) is 14.8. The number of hydrogen-bond acceptors (Lipinski definition) is 6. The van der Waals surface area contributed by atoms with Crippen LogP contribution >= 0.6 is 11.3 Å². The SMILES string of the molecule is [B]NC(C)c1cnc(Nc2cnc(C(C)(C)C)nc2)s1. The van der Waals surface area contributed by atoms with E-state index in [-0.39, 0.29) is 11.5 Å². The lowest BCUT2D eigenvalue weighted by Gasteiger charge is -2.16. The van der Waals surface area contributed by atoms with Gasteiger partial charge in [-0.15, -0.1) is 11.3 Å². The summed E-state index contributed by atoms with van der Waals surface area (Å²) < 4.78 is 0. The Hall–Kier alpha value is -1.47. The Morgan fingerprint density at radius 2 is 1.80 bits per heavy atom. The molecule has 0 aliphatic carbocycles. The fourth-order valence-electron chi connectivity index (χ4n) is 1.53. The fourth-order valence-corrected chi connectivity index (χ4v) is 2.38. The molecular weight excluding hydrogens is 269 g/mol. The first-order valence-electron chi connectivity index (χ1n) is 6.41. The molecule has 2 aromatic rings. The summed E-state index contributed by atoms with van der Waals surface area (Å²) in [6.07, 6.45) is 5.36. The maximum atomic E-state index is 5.41. The van der Waals surface area contributed by atoms with Gasteiger partial charge < -0.3 is 10.5 Å². The number of nitrogens with zero attached hydrogens (tertiary/aromatic N) is 3. The third-order valence-electron chi connectivity index (χ3n) is 2.77. The van der Waals surface area contributed by atoms with Crippen LogP contribution in [-0.2, 0) is 5.41 Å². The number of thiazole rings is 1. The van der Waals surface area contributed by atoms with E-state index in [0.29, 0.717) is 0 Å². The van der Waals surface area contributed by atoms with Crippen LogP contribution in [0.2, 0.25) is 0 Å². The number of aromatic nitrogens is 3. The molecule has 2 N–H and O–H groups in total. The Balaban J connectivity index is 2.08. The lowest BCUT2D eigenvalue weighted by Crippen LogP contribution is -2.15. The molecule has 104 valence electrons. The normalized spacial score (nSPS) is 13.2. The molecule has 20 heavy (non-hydrogen) atoms. The molecule has 0 amide bonds. The second-order valence-corrected chi connectivity index (χ2v) is 6.69. The van der Waals surface area contributed by atoms with Gasteiger partial charge in [-0.05, 0) is 6.92 Å². The van der Waals surface area contributed by atoms with Crippen molar-refractivity contribution in [3.63, 3.8) is 0 Å². The van der Waals surface area contributed by atoms with Gasteiger partial charge in [0.1, 0.15) is 5.82 Å². The average Bonchev–Trinajstić information content (AvgIpc) is 2.86. The van der Waals surface area contributed by atoms with E-state index in [1.807, 2.05) is 13.1 Å². The van der Waals surface area contributed by atoms with Crippen molar-refractivity contribution in [1.29, 1.82) is 0 Å². The summed E-state index contributed by atoms with van der Waals surface area (Å²) >= 11 is 1.55. The minimum absolute atomic E-state index is 0.0465. The van der Waals surface area contributed by atoms with Crippen LogP contribution < -0.4 is 10.5 Å². The molecule has 1 atom stereocenters. The predicted molar refractivity (Wildman–Crippen MR) is 83.4 cm³/mol. The molecule has 1 unspecified atom stereocenters. The van der Waals surface area contributed by atoms with Gasteiger partial charge in [-0.2, -0.15) is 0 Å². The standard InChI is InChI=1S/C13H18BN5S/c1-8(19-14)10-7-17-12(20-10)18-9-5-15-11(16-6-9)13(2,3)4/h5-8,19H,1-4H3,(H,17,18). The summed E-state index contributed by atoms with van der Waals surface area (Å²) in [4.78, 5) is 14.1. The summed E-state index contributed by atoms with van der Waals surface area (Å²) in [5.41, 5.74) is 0.780. The van der Waals surface area contributed by atoms with Crippen LogP contribution in [0.5, 0.6) is 0 Å². The van der Waals surface area contributed by atoms with Crippen molar-refractivity contribution in [2.75, 3.05) is 5.32 Å². The number of rotatable bonds is 4. The Kier molecular flexibility index (Phi) is 4.40. The first-order chi connectivity index (χ1) is 9.40. The summed E-state index contributed by atoms with van der Waals surface area (Å²) in [6.45, 7) is 8.25. The maximum absolute atomic E-state index is 5.41. The number of hydrogen-bond donors (Lipinski definition) is 2. The van der Waals surface area contributed by atoms with Crippen molar-refractivity contribution in [2.45, 2.75) is 39.2 Å². The van der Waals surface area contributed by atoms with Crippen molar-refractivity contribution >= 4 is 30.1 Å². The highest BCUT2D eigenvalue weighted by atomic mass is 32.1. The minimum atomic E-state index is -0.0465. The molecule has 2 aromatic heterocycles. The Morgan fingerprint density at radius 1 is 1.15 bits per heavy atom. The van der Waals surface area contributed by atoms with Crippen molar-refractivity contribution in [1.82, 2.24) is 20.2 Å². The fraction of sp³-hybridized carbons (Fsp3) is 0.462. The predicted octanol–water partition coefficient (Wildman–Crippen LogP) is 2.71. The smallest absolute Gasteiger partial charge is 0.187 e. The summed E-state index contributed by atoms with van der Waals surface area (Å²) in [5.74, 6) is 0.823.